The van der Waals surface area contributed by atoms with Crippen molar-refractivity contribution in [1.82, 2.24) is 19.6 Å². The number of carbonyl (C=O) groups excluding carboxylic acids is 1. The van der Waals surface area contributed by atoms with Crippen LogP contribution in [0.5, 0.6) is 0 Å². The van der Waals surface area contributed by atoms with Crippen LogP contribution < -0.4 is 0 Å². The Balaban J connectivity index is 2.11. The van der Waals surface area contributed by atoms with Gasteiger partial charge < -0.3 is 20.0 Å². The molecule has 0 spiro atoms. The molecular weight excluding hydrogens is 320 g/mol. The maximum atomic E-state index is 12.8. The molecule has 1 aromatic rings. The molecule has 2 rings (SSSR count). The van der Waals surface area contributed by atoms with E-state index in [0.29, 0.717) is 36.0 Å². The van der Waals surface area contributed by atoms with E-state index in [-0.39, 0.29) is 31.0 Å². The summed E-state index contributed by atoms with van der Waals surface area (Å²) in [5, 5.41) is 23.2. The maximum absolute atomic E-state index is 12.8. The van der Waals surface area contributed by atoms with Crippen LogP contribution in [0.15, 0.2) is 0 Å². The van der Waals surface area contributed by atoms with Gasteiger partial charge in [0.2, 0.25) is 0 Å². The van der Waals surface area contributed by atoms with Gasteiger partial charge in [-0.25, -0.2) is 0 Å². The van der Waals surface area contributed by atoms with Gasteiger partial charge in [-0.1, -0.05) is 11.6 Å². The first kappa shape index (κ1) is 18.2. The van der Waals surface area contributed by atoms with Gasteiger partial charge >= 0.3 is 0 Å². The molecule has 0 radical (unpaired) electrons. The number of rotatable bonds is 6. The molecule has 2 atom stereocenters. The fraction of sp³-hybridized carbons (Fsp3) is 0.733. The number of carbonyl (C=O) groups is 1. The zero-order valence-electron chi connectivity index (χ0n) is 13.9. The van der Waals surface area contributed by atoms with Crippen LogP contribution in [0.25, 0.3) is 0 Å². The molecule has 1 aliphatic rings. The van der Waals surface area contributed by atoms with E-state index in [2.05, 4.69) is 5.10 Å². The first-order valence-electron chi connectivity index (χ1n) is 7.77. The van der Waals surface area contributed by atoms with Gasteiger partial charge in [0, 0.05) is 45.8 Å². The number of aromatic nitrogens is 2. The number of aryl methyl sites for hydroxylation is 2. The third kappa shape index (κ3) is 3.85. The molecule has 1 aliphatic heterocycles. The molecule has 2 N–H and O–H groups in total. The maximum Gasteiger partial charge on any atom is 0.273 e. The summed E-state index contributed by atoms with van der Waals surface area (Å²) in [5.41, 5.74) is 1.03. The Hall–Kier alpha value is -1.15. The lowest BCUT2D eigenvalue weighted by Gasteiger charge is -2.23. The van der Waals surface area contributed by atoms with E-state index in [1.54, 1.807) is 18.9 Å². The minimum Gasteiger partial charge on any atom is -0.396 e. The van der Waals surface area contributed by atoms with Gasteiger partial charge in [-0.2, -0.15) is 5.10 Å². The van der Waals surface area contributed by atoms with E-state index in [1.807, 2.05) is 11.9 Å². The lowest BCUT2D eigenvalue weighted by atomic mass is 9.96. The first-order valence-corrected chi connectivity index (χ1v) is 8.15. The van der Waals surface area contributed by atoms with Gasteiger partial charge in [-0.05, 0) is 19.9 Å². The summed E-state index contributed by atoms with van der Waals surface area (Å²) >= 11 is 6.20. The summed E-state index contributed by atoms with van der Waals surface area (Å²) in [6.07, 6.45) is 0. The molecular formula is C15H25ClN4O3. The predicted octanol–water partition coefficient (Wildman–Crippen LogP) is -0.0135. The van der Waals surface area contributed by atoms with Gasteiger partial charge in [0.05, 0.1) is 17.3 Å². The Morgan fingerprint density at radius 3 is 2.57 bits per heavy atom. The average Bonchev–Trinajstić information content (AvgIpc) is 3.00. The molecule has 0 aromatic carbocycles. The Morgan fingerprint density at radius 2 is 2.04 bits per heavy atom. The van der Waals surface area contributed by atoms with Crippen molar-refractivity contribution < 1.29 is 15.0 Å². The van der Waals surface area contributed by atoms with Gasteiger partial charge in [-0.3, -0.25) is 9.48 Å². The monoisotopic (exact) mass is 344 g/mol. The van der Waals surface area contributed by atoms with Crippen LogP contribution in [0, 0.1) is 18.8 Å². The number of hydrogen-bond acceptors (Lipinski definition) is 5. The van der Waals surface area contributed by atoms with E-state index in [1.165, 1.54) is 4.68 Å². The van der Waals surface area contributed by atoms with Crippen molar-refractivity contribution in [1.29, 1.82) is 0 Å². The van der Waals surface area contributed by atoms with Crippen LogP contribution in [-0.4, -0.2) is 82.1 Å². The largest absolute Gasteiger partial charge is 0.396 e. The summed E-state index contributed by atoms with van der Waals surface area (Å²) in [4.78, 5) is 16.5. The van der Waals surface area contributed by atoms with E-state index < -0.39 is 0 Å². The van der Waals surface area contributed by atoms with Crippen LogP contribution in [0.4, 0.5) is 0 Å². The van der Waals surface area contributed by atoms with Crippen molar-refractivity contribution in [2.75, 3.05) is 46.4 Å². The third-order valence-corrected chi connectivity index (χ3v) is 4.93. The molecule has 1 saturated heterocycles. The molecule has 1 amide bonds. The zero-order valence-corrected chi connectivity index (χ0v) is 14.6. The van der Waals surface area contributed by atoms with Crippen molar-refractivity contribution in [2.45, 2.75) is 6.92 Å². The Labute approximate surface area is 141 Å². The molecule has 130 valence electrons. The Morgan fingerprint density at radius 1 is 1.39 bits per heavy atom. The lowest BCUT2D eigenvalue weighted by molar-refractivity contribution is 0.0768. The van der Waals surface area contributed by atoms with Gasteiger partial charge in [0.25, 0.3) is 5.91 Å². The lowest BCUT2D eigenvalue weighted by Crippen LogP contribution is -2.34. The number of likely N-dealkylation sites (tertiary alicyclic amines) is 1. The summed E-state index contributed by atoms with van der Waals surface area (Å²) < 4.78 is 1.51. The fourth-order valence-electron chi connectivity index (χ4n) is 3.19. The Kier molecular flexibility index (Phi) is 6.02. The van der Waals surface area contributed by atoms with E-state index in [9.17, 15) is 9.90 Å². The number of amides is 1. The fourth-order valence-corrected chi connectivity index (χ4v) is 3.44. The summed E-state index contributed by atoms with van der Waals surface area (Å²) in [7, 11) is 3.63. The van der Waals surface area contributed by atoms with Crippen LogP contribution in [0.1, 0.15) is 16.2 Å². The van der Waals surface area contributed by atoms with Crippen LogP contribution >= 0.6 is 11.6 Å². The highest BCUT2D eigenvalue weighted by Crippen LogP contribution is 2.28. The van der Waals surface area contributed by atoms with Gasteiger partial charge in [-0.15, -0.1) is 0 Å². The second-order valence-electron chi connectivity index (χ2n) is 6.27. The normalized spacial score (nSPS) is 21.4. The van der Waals surface area contributed by atoms with Gasteiger partial charge in [0.15, 0.2) is 0 Å². The number of likely N-dealkylation sites (N-methyl/N-ethyl adjacent to an activating group) is 1. The number of nitrogens with zero attached hydrogens (tertiary/aromatic N) is 4. The smallest absolute Gasteiger partial charge is 0.273 e. The highest BCUT2D eigenvalue weighted by Gasteiger charge is 2.37. The average molecular weight is 345 g/mol. The van der Waals surface area contributed by atoms with Crippen molar-refractivity contribution in [3.63, 3.8) is 0 Å². The third-order valence-electron chi connectivity index (χ3n) is 4.48. The number of aliphatic hydroxyl groups excluding tert-OH is 2. The van der Waals surface area contributed by atoms with E-state index in [0.717, 1.165) is 6.54 Å². The molecule has 0 bridgehead atoms. The number of halogens is 1. The van der Waals surface area contributed by atoms with Crippen LogP contribution in [0.3, 0.4) is 0 Å². The molecule has 7 nitrogen and oxygen atoms in total. The van der Waals surface area contributed by atoms with Crippen molar-refractivity contribution in [3.8, 4) is 0 Å². The highest BCUT2D eigenvalue weighted by atomic mass is 35.5. The number of hydrogen-bond donors (Lipinski definition) is 2. The number of aliphatic hydroxyl groups is 2. The van der Waals surface area contributed by atoms with E-state index in [4.69, 9.17) is 16.7 Å². The van der Waals surface area contributed by atoms with E-state index >= 15 is 0 Å². The SMILES string of the molecule is Cc1nn(C)c(C(=O)N2C[C@@H](CN(C)CCO)[C@@H](CO)C2)c1Cl. The topological polar surface area (TPSA) is 81.8 Å². The van der Waals surface area contributed by atoms with Crippen LogP contribution in [0.2, 0.25) is 5.02 Å². The summed E-state index contributed by atoms with van der Waals surface area (Å²) in [6, 6.07) is 0. The molecule has 23 heavy (non-hydrogen) atoms. The second kappa shape index (κ2) is 7.61. The minimum atomic E-state index is -0.149. The molecule has 1 fully saturated rings. The highest BCUT2D eigenvalue weighted by molar-refractivity contribution is 6.34. The van der Waals surface area contributed by atoms with Crippen molar-refractivity contribution in [3.05, 3.63) is 16.4 Å². The van der Waals surface area contributed by atoms with Gasteiger partial charge in [0.1, 0.15) is 5.69 Å². The second-order valence-corrected chi connectivity index (χ2v) is 6.65. The molecule has 1 aromatic heterocycles. The van der Waals surface area contributed by atoms with Crippen LogP contribution in [-0.2, 0) is 7.05 Å². The quantitative estimate of drug-likeness (QED) is 0.758. The molecule has 0 unspecified atom stereocenters. The Bertz CT molecular complexity index is 563. The predicted molar refractivity (Wildman–Crippen MR) is 87.5 cm³/mol. The summed E-state index contributed by atoms with van der Waals surface area (Å²) in [6.45, 7) is 4.29. The summed E-state index contributed by atoms with van der Waals surface area (Å²) in [5.74, 6) is 0.0608. The minimum absolute atomic E-state index is 0.0354. The molecule has 2 heterocycles. The molecule has 0 aliphatic carbocycles. The molecule has 0 saturated carbocycles. The van der Waals surface area contributed by atoms with Crippen molar-refractivity contribution >= 4 is 17.5 Å². The molecule has 8 heteroatoms. The zero-order chi connectivity index (χ0) is 17.1. The standard InChI is InChI=1S/C15H25ClN4O3/c1-10-13(16)14(19(3)17-10)15(23)20-7-11(12(8-20)9-22)6-18(2)4-5-21/h11-12,21-22H,4-9H2,1-3H3/t11-,12-/m1/s1. The van der Waals surface area contributed by atoms with Crippen molar-refractivity contribution in [2.24, 2.45) is 18.9 Å². The first-order chi connectivity index (χ1) is 10.9.